The molecule has 0 spiro atoms. The number of hydrogen-bond donors (Lipinski definition) is 1. The molecular formula is C15H26N2O3. The maximum atomic E-state index is 11.6. The fourth-order valence-corrected chi connectivity index (χ4v) is 3.35. The molecule has 20 heavy (non-hydrogen) atoms. The van der Waals surface area contributed by atoms with Gasteiger partial charge < -0.3 is 14.7 Å². The third-order valence-corrected chi connectivity index (χ3v) is 4.63. The van der Waals surface area contributed by atoms with E-state index in [4.69, 9.17) is 4.74 Å². The van der Waals surface area contributed by atoms with E-state index in [2.05, 4.69) is 4.90 Å². The predicted molar refractivity (Wildman–Crippen MR) is 75.3 cm³/mol. The van der Waals surface area contributed by atoms with Crippen molar-refractivity contribution in [3.8, 4) is 0 Å². The molecule has 2 atom stereocenters. The van der Waals surface area contributed by atoms with Crippen LogP contribution in [0.2, 0.25) is 0 Å². The van der Waals surface area contributed by atoms with E-state index in [0.717, 1.165) is 39.1 Å². The molecule has 2 unspecified atom stereocenters. The third-order valence-electron chi connectivity index (χ3n) is 4.63. The Kier molecular flexibility index (Phi) is 4.58. The number of aliphatic hydroxyl groups excluding tert-OH is 1. The Labute approximate surface area is 120 Å². The molecule has 2 heterocycles. The van der Waals surface area contributed by atoms with E-state index in [0.29, 0.717) is 31.5 Å². The largest absolute Gasteiger partial charge is 0.390 e. The molecule has 1 N–H and O–H groups in total. The van der Waals surface area contributed by atoms with Crippen LogP contribution < -0.4 is 0 Å². The number of likely N-dealkylation sites (tertiary alicyclic amines) is 1. The van der Waals surface area contributed by atoms with E-state index in [1.54, 1.807) is 0 Å². The Morgan fingerprint density at radius 1 is 1.40 bits per heavy atom. The van der Waals surface area contributed by atoms with Crippen molar-refractivity contribution in [3.05, 3.63) is 0 Å². The summed E-state index contributed by atoms with van der Waals surface area (Å²) >= 11 is 0. The van der Waals surface area contributed by atoms with Crippen molar-refractivity contribution in [1.82, 2.24) is 9.80 Å². The molecule has 2 saturated heterocycles. The van der Waals surface area contributed by atoms with E-state index in [9.17, 15) is 9.90 Å². The molecule has 3 fully saturated rings. The van der Waals surface area contributed by atoms with Gasteiger partial charge in [-0.15, -0.1) is 0 Å². The molecule has 0 bridgehead atoms. The van der Waals surface area contributed by atoms with Crippen LogP contribution in [0.1, 0.15) is 32.1 Å². The lowest BCUT2D eigenvalue weighted by Gasteiger charge is -2.29. The van der Waals surface area contributed by atoms with E-state index >= 15 is 0 Å². The van der Waals surface area contributed by atoms with E-state index in [1.165, 1.54) is 12.8 Å². The highest BCUT2D eigenvalue weighted by Gasteiger charge is 2.33. The highest BCUT2D eigenvalue weighted by molar-refractivity contribution is 5.78. The fraction of sp³-hybridized carbons (Fsp3) is 0.933. The lowest BCUT2D eigenvalue weighted by molar-refractivity contribution is -0.129. The number of hydrogen-bond acceptors (Lipinski definition) is 4. The van der Waals surface area contributed by atoms with Gasteiger partial charge in [0.25, 0.3) is 0 Å². The van der Waals surface area contributed by atoms with Crippen molar-refractivity contribution in [2.75, 3.05) is 39.4 Å². The second-order valence-corrected chi connectivity index (χ2v) is 6.51. The Morgan fingerprint density at radius 3 is 2.85 bits per heavy atom. The minimum absolute atomic E-state index is 0.200. The number of carbonyl (C=O) groups excluding carboxylic acids is 1. The van der Waals surface area contributed by atoms with Gasteiger partial charge in [-0.1, -0.05) is 0 Å². The number of aliphatic hydroxyl groups is 1. The Morgan fingerprint density at radius 2 is 2.25 bits per heavy atom. The number of carbonyl (C=O) groups is 1. The summed E-state index contributed by atoms with van der Waals surface area (Å²) in [7, 11) is 0. The molecule has 0 aromatic heterocycles. The minimum atomic E-state index is -0.417. The third kappa shape index (κ3) is 3.71. The van der Waals surface area contributed by atoms with Crippen molar-refractivity contribution in [3.63, 3.8) is 0 Å². The van der Waals surface area contributed by atoms with Crippen molar-refractivity contribution >= 4 is 5.91 Å². The summed E-state index contributed by atoms with van der Waals surface area (Å²) in [6, 6.07) is 0.652. The second kappa shape index (κ2) is 6.41. The number of amides is 1. The molecular weight excluding hydrogens is 256 g/mol. The van der Waals surface area contributed by atoms with Gasteiger partial charge in [-0.05, 0) is 31.6 Å². The van der Waals surface area contributed by atoms with Crippen LogP contribution in [-0.4, -0.2) is 72.4 Å². The number of nitrogens with zero attached hydrogens (tertiary/aromatic N) is 2. The van der Waals surface area contributed by atoms with Crippen LogP contribution >= 0.6 is 0 Å². The van der Waals surface area contributed by atoms with Gasteiger partial charge >= 0.3 is 0 Å². The lowest BCUT2D eigenvalue weighted by Crippen LogP contribution is -2.43. The van der Waals surface area contributed by atoms with Crippen LogP contribution in [0.5, 0.6) is 0 Å². The van der Waals surface area contributed by atoms with Gasteiger partial charge in [0.1, 0.15) is 0 Å². The maximum Gasteiger partial charge on any atom is 0.222 e. The van der Waals surface area contributed by atoms with Crippen molar-refractivity contribution in [2.45, 2.75) is 44.2 Å². The Balaban J connectivity index is 1.46. The molecule has 5 heteroatoms. The maximum absolute atomic E-state index is 11.6. The summed E-state index contributed by atoms with van der Waals surface area (Å²) in [5.74, 6) is 0.822. The Hall–Kier alpha value is -0.650. The Bertz CT molecular complexity index is 340. The SMILES string of the molecule is O=C1CCCN1CC(O)CN(CC1CCOC1)C1CC1. The lowest BCUT2D eigenvalue weighted by atomic mass is 10.1. The van der Waals surface area contributed by atoms with Gasteiger partial charge in [-0.2, -0.15) is 0 Å². The van der Waals surface area contributed by atoms with Gasteiger partial charge in [0.15, 0.2) is 0 Å². The monoisotopic (exact) mass is 282 g/mol. The summed E-state index contributed by atoms with van der Waals surface area (Å²) in [6.45, 7) is 4.80. The van der Waals surface area contributed by atoms with Gasteiger partial charge in [0.05, 0.1) is 12.7 Å². The van der Waals surface area contributed by atoms with Gasteiger partial charge in [-0.3, -0.25) is 9.69 Å². The quantitative estimate of drug-likeness (QED) is 0.737. The highest BCUT2D eigenvalue weighted by atomic mass is 16.5. The smallest absolute Gasteiger partial charge is 0.222 e. The van der Waals surface area contributed by atoms with Gasteiger partial charge in [0.2, 0.25) is 5.91 Å². The average molecular weight is 282 g/mol. The number of ether oxygens (including phenoxy) is 1. The second-order valence-electron chi connectivity index (χ2n) is 6.51. The summed E-state index contributed by atoms with van der Waals surface area (Å²) in [6.07, 6.45) is 4.82. The molecule has 0 aromatic rings. The minimum Gasteiger partial charge on any atom is -0.390 e. The molecule has 1 saturated carbocycles. The zero-order valence-corrected chi connectivity index (χ0v) is 12.2. The molecule has 1 amide bonds. The van der Waals surface area contributed by atoms with E-state index in [1.807, 2.05) is 4.90 Å². The molecule has 114 valence electrons. The standard InChI is InChI=1S/C15H26N2O3/c18-14(9-16-6-1-2-15(16)19)10-17(13-3-4-13)8-12-5-7-20-11-12/h12-14,18H,1-11H2. The molecule has 1 aliphatic carbocycles. The van der Waals surface area contributed by atoms with Gasteiger partial charge in [-0.25, -0.2) is 0 Å². The first kappa shape index (κ1) is 14.3. The summed E-state index contributed by atoms with van der Waals surface area (Å²) in [5, 5.41) is 10.3. The molecule has 0 radical (unpaired) electrons. The number of β-amino-alcohol motifs (C(OH)–C–C–N with tert-alkyl or cyclic N) is 1. The van der Waals surface area contributed by atoms with Crippen molar-refractivity contribution in [2.24, 2.45) is 5.92 Å². The summed E-state index contributed by atoms with van der Waals surface area (Å²) in [4.78, 5) is 15.8. The van der Waals surface area contributed by atoms with E-state index < -0.39 is 6.10 Å². The zero-order chi connectivity index (χ0) is 13.9. The molecule has 2 aliphatic heterocycles. The zero-order valence-electron chi connectivity index (χ0n) is 12.2. The average Bonchev–Trinajstić information content (AvgIpc) is 3.01. The van der Waals surface area contributed by atoms with Crippen molar-refractivity contribution in [1.29, 1.82) is 0 Å². The van der Waals surface area contributed by atoms with Crippen LogP contribution in [-0.2, 0) is 9.53 Å². The number of rotatable bonds is 7. The highest BCUT2D eigenvalue weighted by Crippen LogP contribution is 2.29. The predicted octanol–water partition coefficient (Wildman–Crippen LogP) is 0.471. The van der Waals surface area contributed by atoms with Gasteiger partial charge in [0, 0.05) is 45.2 Å². The van der Waals surface area contributed by atoms with Crippen LogP contribution in [0.3, 0.4) is 0 Å². The van der Waals surface area contributed by atoms with Crippen LogP contribution in [0.4, 0.5) is 0 Å². The fourth-order valence-electron chi connectivity index (χ4n) is 3.35. The van der Waals surface area contributed by atoms with Crippen molar-refractivity contribution < 1.29 is 14.6 Å². The summed E-state index contributed by atoms with van der Waals surface area (Å²) < 4.78 is 5.44. The van der Waals surface area contributed by atoms with E-state index in [-0.39, 0.29) is 5.91 Å². The van der Waals surface area contributed by atoms with Crippen LogP contribution in [0.25, 0.3) is 0 Å². The first-order valence-corrected chi connectivity index (χ1v) is 8.00. The normalized spacial score (nSPS) is 28.6. The van der Waals surface area contributed by atoms with Crippen LogP contribution in [0.15, 0.2) is 0 Å². The first-order chi connectivity index (χ1) is 9.72. The molecule has 0 aromatic carbocycles. The summed E-state index contributed by atoms with van der Waals surface area (Å²) in [5.41, 5.74) is 0. The first-order valence-electron chi connectivity index (χ1n) is 8.00. The molecule has 5 nitrogen and oxygen atoms in total. The topological polar surface area (TPSA) is 53.0 Å². The van der Waals surface area contributed by atoms with Crippen LogP contribution in [0, 0.1) is 5.92 Å². The molecule has 3 aliphatic rings. The molecule has 3 rings (SSSR count).